The van der Waals surface area contributed by atoms with Crippen molar-refractivity contribution in [3.05, 3.63) is 104 Å². The molecule has 1 aliphatic rings. The number of thiophene rings is 1. The van der Waals surface area contributed by atoms with E-state index < -0.39 is 22.5 Å². The largest absolute Gasteiger partial charge is 0.465 e. The van der Waals surface area contributed by atoms with Crippen LogP contribution in [0.2, 0.25) is 4.34 Å². The lowest BCUT2D eigenvalue weighted by atomic mass is 9.93. The minimum absolute atomic E-state index is 0.0995. The second-order valence-electron chi connectivity index (χ2n) is 9.75. The van der Waals surface area contributed by atoms with Gasteiger partial charge in [0.15, 0.2) is 0 Å². The number of nitro benzene ring substituents is 1. The van der Waals surface area contributed by atoms with Gasteiger partial charge >= 0.3 is 12.1 Å². The van der Waals surface area contributed by atoms with Crippen molar-refractivity contribution in [3.8, 4) is 21.6 Å². The summed E-state index contributed by atoms with van der Waals surface area (Å²) in [6, 6.07) is 23.1. The highest BCUT2D eigenvalue weighted by molar-refractivity contribution is 7.20. The van der Waals surface area contributed by atoms with Crippen LogP contribution < -0.4 is 5.32 Å². The minimum Gasteiger partial charge on any atom is -0.465 e. The van der Waals surface area contributed by atoms with Crippen LogP contribution in [0.3, 0.4) is 0 Å². The maximum atomic E-state index is 12.7. The van der Waals surface area contributed by atoms with E-state index >= 15 is 0 Å². The Morgan fingerprint density at radius 1 is 1.05 bits per heavy atom. The lowest BCUT2D eigenvalue weighted by Crippen LogP contribution is -2.23. The van der Waals surface area contributed by atoms with Crippen LogP contribution in [-0.4, -0.2) is 23.6 Å². The Kier molecular flexibility index (Phi) is 8.10. The zero-order valence-corrected chi connectivity index (χ0v) is 24.0. The Balaban J connectivity index is 1.39. The number of carbonyl (C=O) groups is 2. The molecule has 1 N–H and O–H groups in total. The molecule has 0 bridgehead atoms. The Morgan fingerprint density at radius 3 is 2.37 bits per heavy atom. The Bertz CT molecular complexity index is 1600. The fourth-order valence-electron chi connectivity index (χ4n) is 4.80. The molecule has 5 rings (SSSR count). The van der Waals surface area contributed by atoms with E-state index in [0.29, 0.717) is 38.2 Å². The van der Waals surface area contributed by atoms with Crippen LogP contribution in [-0.2, 0) is 19.7 Å². The van der Waals surface area contributed by atoms with E-state index in [0.717, 1.165) is 24.0 Å². The fraction of sp³-hybridized carbons (Fsp3) is 0.226. The molecule has 4 aromatic rings. The van der Waals surface area contributed by atoms with Gasteiger partial charge in [-0.15, -0.1) is 11.3 Å². The first-order valence-electron chi connectivity index (χ1n) is 13.1. The van der Waals surface area contributed by atoms with Gasteiger partial charge in [-0.1, -0.05) is 72.3 Å². The number of rotatable bonds is 9. The molecule has 0 radical (unpaired) electrons. The van der Waals surface area contributed by atoms with Crippen molar-refractivity contribution in [1.29, 1.82) is 0 Å². The van der Waals surface area contributed by atoms with E-state index in [1.54, 1.807) is 44.2 Å². The molecule has 41 heavy (non-hydrogen) atoms. The maximum Gasteiger partial charge on any atom is 0.412 e. The molecular weight excluding hydrogens is 564 g/mol. The molecule has 3 aromatic carbocycles. The van der Waals surface area contributed by atoms with Gasteiger partial charge < -0.3 is 9.47 Å². The molecular formula is C31H27ClN2O6S. The Morgan fingerprint density at radius 2 is 1.73 bits per heavy atom. The molecule has 8 nitrogen and oxygen atoms in total. The normalized spacial score (nSPS) is 14.1. The molecule has 0 saturated heterocycles. The standard InChI is InChI=1S/C31H27ClN2O6S/c1-3-39-29(35)31(15-16-31)23-12-9-21(10-13-23)24-14-11-22(17-26(24)34(37)38)28-25(18-27(32)41-28)33-30(36)40-19(2)20-7-5-4-6-8-20/h4-14,17-19H,3,15-16H2,1-2H3,(H,33,36)/t19-/m1/s1. The van der Waals surface area contributed by atoms with Gasteiger partial charge in [0.2, 0.25) is 0 Å². The lowest BCUT2D eigenvalue weighted by molar-refractivity contribution is -0.384. The molecule has 0 unspecified atom stereocenters. The van der Waals surface area contributed by atoms with Crippen molar-refractivity contribution in [2.24, 2.45) is 0 Å². The zero-order chi connectivity index (χ0) is 29.1. The number of nitrogens with zero attached hydrogens (tertiary/aromatic N) is 1. The number of carbonyl (C=O) groups excluding carboxylic acids is 2. The SMILES string of the molecule is CCOC(=O)C1(c2ccc(-c3ccc(-c4sc(Cl)cc4NC(=O)O[C@H](C)c4ccccc4)cc3[N+](=O)[O-])cc2)CC1. The molecule has 0 spiro atoms. The van der Waals surface area contributed by atoms with Gasteiger partial charge in [-0.05, 0) is 55.5 Å². The molecule has 210 valence electrons. The molecule has 1 amide bonds. The predicted octanol–water partition coefficient (Wildman–Crippen LogP) is 8.55. The van der Waals surface area contributed by atoms with Crippen LogP contribution in [0.1, 0.15) is 43.9 Å². The second kappa shape index (κ2) is 11.7. The summed E-state index contributed by atoms with van der Waals surface area (Å²) in [6.07, 6.45) is 0.295. The summed E-state index contributed by atoms with van der Waals surface area (Å²) in [5.41, 5.74) is 2.97. The van der Waals surface area contributed by atoms with Gasteiger partial charge in [0.1, 0.15) is 6.10 Å². The number of hydrogen-bond donors (Lipinski definition) is 1. The van der Waals surface area contributed by atoms with Gasteiger partial charge in [-0.2, -0.15) is 0 Å². The van der Waals surface area contributed by atoms with Crippen LogP contribution in [0.5, 0.6) is 0 Å². The number of halogens is 1. The monoisotopic (exact) mass is 590 g/mol. The number of esters is 1. The molecule has 10 heteroatoms. The highest BCUT2D eigenvalue weighted by Gasteiger charge is 2.52. The summed E-state index contributed by atoms with van der Waals surface area (Å²) in [5.74, 6) is -0.236. The Hall–Kier alpha value is -4.21. The van der Waals surface area contributed by atoms with Crippen LogP contribution in [0.4, 0.5) is 16.2 Å². The molecule has 1 heterocycles. The van der Waals surface area contributed by atoms with Crippen molar-refractivity contribution in [2.75, 3.05) is 11.9 Å². The number of nitro groups is 1. The molecule has 0 aliphatic heterocycles. The average molecular weight is 591 g/mol. The van der Waals surface area contributed by atoms with E-state index in [4.69, 9.17) is 21.1 Å². The van der Waals surface area contributed by atoms with Crippen molar-refractivity contribution < 1.29 is 24.0 Å². The quantitative estimate of drug-likeness (QED) is 0.119. The summed E-state index contributed by atoms with van der Waals surface area (Å²) in [5, 5.41) is 14.9. The number of hydrogen-bond acceptors (Lipinski definition) is 7. The number of anilines is 1. The van der Waals surface area contributed by atoms with E-state index in [1.165, 1.54) is 17.4 Å². The zero-order valence-electron chi connectivity index (χ0n) is 22.4. The van der Waals surface area contributed by atoms with Crippen molar-refractivity contribution in [1.82, 2.24) is 0 Å². The first-order chi connectivity index (χ1) is 19.7. The van der Waals surface area contributed by atoms with E-state index in [9.17, 15) is 19.7 Å². The number of amides is 1. The first kappa shape index (κ1) is 28.3. The third kappa shape index (κ3) is 5.96. The van der Waals surface area contributed by atoms with Crippen LogP contribution in [0.25, 0.3) is 21.6 Å². The van der Waals surface area contributed by atoms with Gasteiger partial charge in [-0.25, -0.2) is 4.79 Å². The van der Waals surface area contributed by atoms with Crippen LogP contribution >= 0.6 is 22.9 Å². The Labute approximate surface area is 246 Å². The van der Waals surface area contributed by atoms with E-state index in [1.807, 2.05) is 42.5 Å². The van der Waals surface area contributed by atoms with Gasteiger partial charge in [-0.3, -0.25) is 20.2 Å². The maximum absolute atomic E-state index is 12.7. The van der Waals surface area contributed by atoms with E-state index in [-0.39, 0.29) is 11.7 Å². The molecule has 1 aromatic heterocycles. The van der Waals surface area contributed by atoms with Crippen molar-refractivity contribution in [2.45, 2.75) is 38.2 Å². The number of ether oxygens (including phenoxy) is 2. The third-order valence-corrected chi connectivity index (χ3v) is 8.43. The number of benzene rings is 3. The average Bonchev–Trinajstić information content (AvgIpc) is 3.71. The molecule has 1 fully saturated rings. The third-order valence-electron chi connectivity index (χ3n) is 7.11. The molecule has 1 saturated carbocycles. The lowest BCUT2D eigenvalue weighted by Gasteiger charge is -2.15. The fourth-order valence-corrected chi connectivity index (χ4v) is 5.98. The highest BCUT2D eigenvalue weighted by atomic mass is 35.5. The van der Waals surface area contributed by atoms with Crippen molar-refractivity contribution >= 4 is 46.4 Å². The summed E-state index contributed by atoms with van der Waals surface area (Å²) < 4.78 is 11.2. The van der Waals surface area contributed by atoms with Gasteiger partial charge in [0.25, 0.3) is 5.69 Å². The van der Waals surface area contributed by atoms with Crippen LogP contribution in [0, 0.1) is 10.1 Å². The van der Waals surface area contributed by atoms with E-state index in [2.05, 4.69) is 5.32 Å². The minimum atomic E-state index is -0.667. The molecule has 1 aliphatic carbocycles. The first-order valence-corrected chi connectivity index (χ1v) is 14.3. The highest BCUT2D eigenvalue weighted by Crippen LogP contribution is 2.50. The summed E-state index contributed by atoms with van der Waals surface area (Å²) in [6.45, 7) is 3.87. The summed E-state index contributed by atoms with van der Waals surface area (Å²) in [7, 11) is 0. The topological polar surface area (TPSA) is 108 Å². The van der Waals surface area contributed by atoms with Crippen LogP contribution in [0.15, 0.2) is 78.9 Å². The van der Waals surface area contributed by atoms with Gasteiger partial charge in [0.05, 0.1) is 37.4 Å². The summed E-state index contributed by atoms with van der Waals surface area (Å²) >= 11 is 7.48. The molecule has 1 atom stereocenters. The second-order valence-corrected chi connectivity index (χ2v) is 11.4. The predicted molar refractivity (Wildman–Crippen MR) is 159 cm³/mol. The number of nitrogens with one attached hydrogen (secondary N) is 1. The summed E-state index contributed by atoms with van der Waals surface area (Å²) in [4.78, 5) is 37.4. The van der Waals surface area contributed by atoms with Crippen molar-refractivity contribution in [3.63, 3.8) is 0 Å². The smallest absolute Gasteiger partial charge is 0.412 e. The van der Waals surface area contributed by atoms with Gasteiger partial charge in [0, 0.05) is 11.6 Å².